The zero-order valence-corrected chi connectivity index (χ0v) is 12.9. The first-order valence-corrected chi connectivity index (χ1v) is 7.47. The Balaban J connectivity index is 2.30. The number of carbonyl (C=O) groups is 1. The Labute approximate surface area is 129 Å². The van der Waals surface area contributed by atoms with E-state index in [4.69, 9.17) is 5.73 Å². The Bertz CT molecular complexity index is 630. The lowest BCUT2D eigenvalue weighted by molar-refractivity contribution is 0.0756. The average molecular weight is 304 g/mol. The molecule has 0 saturated heterocycles. The molecule has 2 aromatic rings. The van der Waals surface area contributed by atoms with Crippen LogP contribution in [-0.2, 0) is 0 Å². The summed E-state index contributed by atoms with van der Waals surface area (Å²) < 4.78 is 14.4. The molecule has 2 N–H and O–H groups in total. The number of rotatable bonds is 6. The van der Waals surface area contributed by atoms with Crippen molar-refractivity contribution in [2.75, 3.05) is 18.8 Å². The number of hydrogen-bond donors (Lipinski definition) is 1. The molecule has 0 aliphatic rings. The van der Waals surface area contributed by atoms with Gasteiger partial charge in [-0.3, -0.25) is 4.79 Å². The van der Waals surface area contributed by atoms with E-state index in [9.17, 15) is 9.18 Å². The van der Waals surface area contributed by atoms with E-state index in [1.54, 1.807) is 17.0 Å². The summed E-state index contributed by atoms with van der Waals surface area (Å²) in [6.45, 7) is 5.43. The van der Waals surface area contributed by atoms with Gasteiger partial charge in [0.2, 0.25) is 0 Å². The van der Waals surface area contributed by atoms with E-state index < -0.39 is 0 Å². The minimum Gasteiger partial charge on any atom is -0.383 e. The Morgan fingerprint density at radius 2 is 1.82 bits per heavy atom. The maximum absolute atomic E-state index is 13.0. The molecule has 5 nitrogen and oxygen atoms in total. The summed E-state index contributed by atoms with van der Waals surface area (Å²) in [7, 11) is 0. The molecule has 0 atom stereocenters. The third-order valence-electron chi connectivity index (χ3n) is 3.38. The smallest absolute Gasteiger partial charge is 0.259 e. The van der Waals surface area contributed by atoms with Gasteiger partial charge in [-0.15, -0.1) is 0 Å². The first-order valence-electron chi connectivity index (χ1n) is 7.47. The summed E-state index contributed by atoms with van der Waals surface area (Å²) in [4.78, 5) is 14.4. The molecule has 2 rings (SSSR count). The first-order chi connectivity index (χ1) is 10.6. The van der Waals surface area contributed by atoms with Gasteiger partial charge in [-0.1, -0.05) is 13.8 Å². The van der Waals surface area contributed by atoms with Gasteiger partial charge < -0.3 is 10.6 Å². The van der Waals surface area contributed by atoms with Crippen molar-refractivity contribution in [2.45, 2.75) is 26.7 Å². The third kappa shape index (κ3) is 3.27. The molecule has 0 unspecified atom stereocenters. The zero-order valence-electron chi connectivity index (χ0n) is 12.9. The van der Waals surface area contributed by atoms with Gasteiger partial charge in [-0.2, -0.15) is 5.10 Å². The average Bonchev–Trinajstić information content (AvgIpc) is 2.89. The molecule has 1 aromatic heterocycles. The van der Waals surface area contributed by atoms with Crippen LogP contribution in [-0.4, -0.2) is 33.7 Å². The maximum Gasteiger partial charge on any atom is 0.259 e. The molecular formula is C16H21FN4O. The summed E-state index contributed by atoms with van der Waals surface area (Å²) in [5, 5.41) is 4.16. The van der Waals surface area contributed by atoms with E-state index in [0.717, 1.165) is 12.8 Å². The topological polar surface area (TPSA) is 64.2 Å². The van der Waals surface area contributed by atoms with Gasteiger partial charge in [0.1, 0.15) is 17.2 Å². The fraction of sp³-hybridized carbons (Fsp3) is 0.375. The number of nitrogens with two attached hydrogens (primary N) is 1. The fourth-order valence-corrected chi connectivity index (χ4v) is 2.34. The van der Waals surface area contributed by atoms with E-state index in [1.807, 2.05) is 13.8 Å². The van der Waals surface area contributed by atoms with Crippen LogP contribution in [0.5, 0.6) is 0 Å². The van der Waals surface area contributed by atoms with Crippen molar-refractivity contribution in [1.29, 1.82) is 0 Å². The van der Waals surface area contributed by atoms with Gasteiger partial charge >= 0.3 is 0 Å². The molecule has 118 valence electrons. The summed E-state index contributed by atoms with van der Waals surface area (Å²) >= 11 is 0. The Morgan fingerprint density at radius 1 is 1.23 bits per heavy atom. The van der Waals surface area contributed by atoms with Crippen LogP contribution in [0.15, 0.2) is 30.5 Å². The van der Waals surface area contributed by atoms with Crippen LogP contribution < -0.4 is 5.73 Å². The molecule has 1 heterocycles. The van der Waals surface area contributed by atoms with Crippen molar-refractivity contribution >= 4 is 11.7 Å². The second-order valence-electron chi connectivity index (χ2n) is 5.12. The Morgan fingerprint density at radius 3 is 2.36 bits per heavy atom. The highest BCUT2D eigenvalue weighted by Gasteiger charge is 2.20. The van der Waals surface area contributed by atoms with Gasteiger partial charge in [0, 0.05) is 13.1 Å². The van der Waals surface area contributed by atoms with Gasteiger partial charge in [-0.05, 0) is 37.1 Å². The number of benzene rings is 1. The molecule has 1 aromatic carbocycles. The Kier molecular flexibility index (Phi) is 5.14. The van der Waals surface area contributed by atoms with Gasteiger partial charge in [0.15, 0.2) is 0 Å². The zero-order chi connectivity index (χ0) is 16.1. The van der Waals surface area contributed by atoms with Crippen molar-refractivity contribution in [3.63, 3.8) is 0 Å². The normalized spacial score (nSPS) is 10.7. The molecule has 0 aliphatic carbocycles. The fourth-order valence-electron chi connectivity index (χ4n) is 2.34. The molecule has 0 radical (unpaired) electrons. The number of nitrogen functional groups attached to an aromatic ring is 1. The lowest BCUT2D eigenvalue weighted by atomic mass is 10.2. The predicted octanol–water partition coefficient (Wildman–Crippen LogP) is 2.86. The predicted molar refractivity (Wildman–Crippen MR) is 84.4 cm³/mol. The number of halogens is 1. The Hall–Kier alpha value is -2.37. The highest BCUT2D eigenvalue weighted by molar-refractivity contribution is 5.98. The van der Waals surface area contributed by atoms with Crippen molar-refractivity contribution in [2.24, 2.45) is 0 Å². The second kappa shape index (κ2) is 7.06. The van der Waals surface area contributed by atoms with Crippen LogP contribution in [0.3, 0.4) is 0 Å². The van der Waals surface area contributed by atoms with Crippen molar-refractivity contribution in [1.82, 2.24) is 14.7 Å². The van der Waals surface area contributed by atoms with Crippen LogP contribution in [0, 0.1) is 5.82 Å². The lowest BCUT2D eigenvalue weighted by Crippen LogP contribution is -2.32. The van der Waals surface area contributed by atoms with Gasteiger partial charge in [-0.25, -0.2) is 9.07 Å². The van der Waals surface area contributed by atoms with Crippen LogP contribution in [0.4, 0.5) is 10.2 Å². The lowest BCUT2D eigenvalue weighted by Gasteiger charge is -2.21. The highest BCUT2D eigenvalue weighted by Crippen LogP contribution is 2.19. The minimum atomic E-state index is -0.331. The van der Waals surface area contributed by atoms with Crippen molar-refractivity contribution < 1.29 is 9.18 Å². The van der Waals surface area contributed by atoms with Crippen LogP contribution in [0.2, 0.25) is 0 Å². The molecule has 6 heteroatoms. The SMILES string of the molecule is CCCN(CCC)C(=O)c1cnn(-c2ccc(F)cc2)c1N. The van der Waals surface area contributed by atoms with E-state index >= 15 is 0 Å². The summed E-state index contributed by atoms with van der Waals surface area (Å²) in [5.74, 6) is -0.175. The second-order valence-corrected chi connectivity index (χ2v) is 5.12. The molecule has 0 aliphatic heterocycles. The van der Waals surface area contributed by atoms with E-state index in [0.29, 0.717) is 24.3 Å². The summed E-state index contributed by atoms with van der Waals surface area (Å²) in [5.41, 5.74) is 7.07. The molecule has 0 saturated carbocycles. The van der Waals surface area contributed by atoms with Gasteiger partial charge in [0.05, 0.1) is 11.9 Å². The molecule has 0 spiro atoms. The monoisotopic (exact) mass is 304 g/mol. The standard InChI is InChI=1S/C16H21FN4O/c1-3-9-20(10-4-2)16(22)14-11-19-21(15(14)18)13-7-5-12(17)6-8-13/h5-8,11H,3-4,9-10,18H2,1-2H3. The number of anilines is 1. The largest absolute Gasteiger partial charge is 0.383 e. The van der Waals surface area contributed by atoms with Gasteiger partial charge in [0.25, 0.3) is 5.91 Å². The number of nitrogens with zero attached hydrogens (tertiary/aromatic N) is 3. The quantitative estimate of drug-likeness (QED) is 0.892. The molecular weight excluding hydrogens is 283 g/mol. The van der Waals surface area contributed by atoms with Crippen LogP contribution in [0.1, 0.15) is 37.0 Å². The van der Waals surface area contributed by atoms with Crippen LogP contribution in [0.25, 0.3) is 5.69 Å². The number of aromatic nitrogens is 2. The first kappa shape index (κ1) is 16.0. The third-order valence-corrected chi connectivity index (χ3v) is 3.38. The number of amides is 1. The summed E-state index contributed by atoms with van der Waals surface area (Å²) in [6.07, 6.45) is 3.24. The number of hydrogen-bond acceptors (Lipinski definition) is 3. The van der Waals surface area contributed by atoms with E-state index in [2.05, 4.69) is 5.10 Å². The maximum atomic E-state index is 13.0. The van der Waals surface area contributed by atoms with Crippen molar-refractivity contribution in [3.05, 3.63) is 41.8 Å². The molecule has 0 fully saturated rings. The van der Waals surface area contributed by atoms with E-state index in [1.165, 1.54) is 23.0 Å². The molecule has 0 bridgehead atoms. The highest BCUT2D eigenvalue weighted by atomic mass is 19.1. The number of carbonyl (C=O) groups excluding carboxylic acids is 1. The molecule has 1 amide bonds. The molecule has 22 heavy (non-hydrogen) atoms. The van der Waals surface area contributed by atoms with Crippen LogP contribution >= 0.6 is 0 Å². The minimum absolute atomic E-state index is 0.116. The summed E-state index contributed by atoms with van der Waals surface area (Å²) in [6, 6.07) is 5.81. The van der Waals surface area contributed by atoms with Crippen molar-refractivity contribution in [3.8, 4) is 5.69 Å². The van der Waals surface area contributed by atoms with E-state index in [-0.39, 0.29) is 17.5 Å².